The zero-order valence-corrected chi connectivity index (χ0v) is 15.7. The second-order valence-electron chi connectivity index (χ2n) is 8.43. The summed E-state index contributed by atoms with van der Waals surface area (Å²) in [5.41, 5.74) is 0. The molecule has 0 spiro atoms. The highest BCUT2D eigenvalue weighted by atomic mass is 16.5. The van der Waals surface area contributed by atoms with Gasteiger partial charge in [0, 0.05) is 45.3 Å². The van der Waals surface area contributed by atoms with Crippen LogP contribution >= 0.6 is 0 Å². The molecule has 0 saturated carbocycles. The first-order valence-electron chi connectivity index (χ1n) is 9.87. The van der Waals surface area contributed by atoms with Crippen molar-refractivity contribution in [2.45, 2.75) is 52.2 Å². The van der Waals surface area contributed by atoms with Crippen LogP contribution in [0.5, 0.6) is 0 Å². The van der Waals surface area contributed by atoms with Gasteiger partial charge in [-0.05, 0) is 38.0 Å². The molecule has 3 rings (SSSR count). The number of likely N-dealkylation sites (tertiary alicyclic amines) is 2. The van der Waals surface area contributed by atoms with Crippen molar-refractivity contribution < 1.29 is 9.53 Å². The molecule has 0 aliphatic carbocycles. The topological polar surface area (TPSA) is 36.0 Å². The summed E-state index contributed by atoms with van der Waals surface area (Å²) in [7, 11) is 0. The van der Waals surface area contributed by atoms with Gasteiger partial charge in [0.15, 0.2) is 0 Å². The maximum atomic E-state index is 12.6. The van der Waals surface area contributed by atoms with Crippen molar-refractivity contribution in [3.63, 3.8) is 0 Å². The molecule has 3 unspecified atom stereocenters. The van der Waals surface area contributed by atoms with Gasteiger partial charge >= 0.3 is 0 Å². The molecule has 5 nitrogen and oxygen atoms in total. The third-order valence-electron chi connectivity index (χ3n) is 5.93. The number of rotatable bonds is 3. The molecule has 0 aromatic rings. The van der Waals surface area contributed by atoms with Gasteiger partial charge in [-0.3, -0.25) is 14.6 Å². The fraction of sp³-hybridized carbons (Fsp3) is 0.947. The molecule has 138 valence electrons. The second-order valence-corrected chi connectivity index (χ2v) is 8.43. The number of ether oxygens (including phenoxy) is 1. The van der Waals surface area contributed by atoms with Gasteiger partial charge in [-0.25, -0.2) is 0 Å². The molecule has 3 saturated heterocycles. The molecule has 0 aromatic heterocycles. The largest absolute Gasteiger partial charge is 0.376 e. The number of hydrogen-bond acceptors (Lipinski definition) is 4. The summed E-state index contributed by atoms with van der Waals surface area (Å²) >= 11 is 0. The smallest absolute Gasteiger partial charge is 0.236 e. The van der Waals surface area contributed by atoms with Crippen molar-refractivity contribution >= 4 is 5.91 Å². The van der Waals surface area contributed by atoms with E-state index in [4.69, 9.17) is 4.74 Å². The van der Waals surface area contributed by atoms with E-state index in [9.17, 15) is 4.79 Å². The first kappa shape index (κ1) is 18.2. The second kappa shape index (κ2) is 8.15. The molecule has 3 atom stereocenters. The quantitative estimate of drug-likeness (QED) is 0.785. The number of amides is 1. The van der Waals surface area contributed by atoms with E-state index in [-0.39, 0.29) is 0 Å². The Bertz CT molecular complexity index is 413. The first-order valence-corrected chi connectivity index (χ1v) is 9.87. The molecule has 1 amide bonds. The fourth-order valence-corrected chi connectivity index (χ4v) is 4.78. The van der Waals surface area contributed by atoms with E-state index in [2.05, 4.69) is 35.5 Å². The van der Waals surface area contributed by atoms with Crippen molar-refractivity contribution in [3.8, 4) is 0 Å². The molecule has 0 aromatic carbocycles. The SMILES string of the molecule is CC1CC(C)CN(C(=O)CN2CCC(N3CCOC(C)C3)CC2)C1. The third kappa shape index (κ3) is 4.70. The molecule has 0 bridgehead atoms. The Morgan fingerprint density at radius 3 is 2.29 bits per heavy atom. The Kier molecular flexibility index (Phi) is 6.17. The zero-order valence-electron chi connectivity index (χ0n) is 15.7. The monoisotopic (exact) mass is 337 g/mol. The van der Waals surface area contributed by atoms with Gasteiger partial charge in [0.25, 0.3) is 0 Å². The number of hydrogen-bond donors (Lipinski definition) is 0. The molecule has 5 heteroatoms. The Hall–Kier alpha value is -0.650. The summed E-state index contributed by atoms with van der Waals surface area (Å²) in [6, 6.07) is 0.678. The molecule has 3 heterocycles. The van der Waals surface area contributed by atoms with Crippen LogP contribution in [0.3, 0.4) is 0 Å². The summed E-state index contributed by atoms with van der Waals surface area (Å²) in [6.45, 7) is 14.3. The molecule has 0 radical (unpaired) electrons. The van der Waals surface area contributed by atoms with Crippen molar-refractivity contribution in [1.82, 2.24) is 14.7 Å². The van der Waals surface area contributed by atoms with E-state index in [1.54, 1.807) is 0 Å². The molecule has 3 aliphatic rings. The number of carbonyl (C=O) groups is 1. The van der Waals surface area contributed by atoms with Gasteiger partial charge in [-0.2, -0.15) is 0 Å². The van der Waals surface area contributed by atoms with Gasteiger partial charge in [0.2, 0.25) is 5.91 Å². The van der Waals surface area contributed by atoms with Crippen molar-refractivity contribution in [2.24, 2.45) is 11.8 Å². The fourth-order valence-electron chi connectivity index (χ4n) is 4.78. The molecule has 3 aliphatic heterocycles. The first-order chi connectivity index (χ1) is 11.5. The molecule has 3 fully saturated rings. The van der Waals surface area contributed by atoms with Crippen molar-refractivity contribution in [1.29, 1.82) is 0 Å². The van der Waals surface area contributed by atoms with Crippen LogP contribution in [-0.2, 0) is 9.53 Å². The average molecular weight is 338 g/mol. The minimum absolute atomic E-state index is 0.340. The summed E-state index contributed by atoms with van der Waals surface area (Å²) < 4.78 is 5.65. The zero-order chi connectivity index (χ0) is 17.1. The standard InChI is InChI=1S/C19H35N3O2/c1-15-10-16(2)12-22(11-15)19(23)14-20-6-4-18(5-7-20)21-8-9-24-17(3)13-21/h15-18H,4-14H2,1-3H3. The van der Waals surface area contributed by atoms with Crippen molar-refractivity contribution in [2.75, 3.05) is 52.4 Å². The van der Waals surface area contributed by atoms with Crippen LogP contribution in [0.2, 0.25) is 0 Å². The van der Waals surface area contributed by atoms with Crippen LogP contribution in [0.15, 0.2) is 0 Å². The molecular formula is C19H35N3O2. The summed E-state index contributed by atoms with van der Waals surface area (Å²) in [6.07, 6.45) is 3.99. The lowest BCUT2D eigenvalue weighted by molar-refractivity contribution is -0.135. The van der Waals surface area contributed by atoms with Crippen LogP contribution in [0.25, 0.3) is 0 Å². The van der Waals surface area contributed by atoms with E-state index < -0.39 is 0 Å². The predicted molar refractivity (Wildman–Crippen MR) is 96.0 cm³/mol. The number of morpholine rings is 1. The van der Waals surface area contributed by atoms with Gasteiger partial charge in [-0.15, -0.1) is 0 Å². The normalized spacial score (nSPS) is 34.5. The number of carbonyl (C=O) groups excluding carboxylic acids is 1. The highest BCUT2D eigenvalue weighted by Gasteiger charge is 2.30. The maximum Gasteiger partial charge on any atom is 0.236 e. The minimum Gasteiger partial charge on any atom is -0.376 e. The Labute approximate surface area is 147 Å². The Morgan fingerprint density at radius 2 is 1.67 bits per heavy atom. The molecule has 24 heavy (non-hydrogen) atoms. The minimum atomic E-state index is 0.340. The predicted octanol–water partition coefficient (Wildman–Crippen LogP) is 1.68. The van der Waals surface area contributed by atoms with Crippen LogP contribution in [0.4, 0.5) is 0 Å². The average Bonchev–Trinajstić information content (AvgIpc) is 2.54. The number of nitrogens with zero attached hydrogens (tertiary/aromatic N) is 3. The van der Waals surface area contributed by atoms with E-state index in [0.29, 0.717) is 36.4 Å². The van der Waals surface area contributed by atoms with Crippen LogP contribution < -0.4 is 0 Å². The van der Waals surface area contributed by atoms with Gasteiger partial charge < -0.3 is 9.64 Å². The van der Waals surface area contributed by atoms with E-state index in [1.165, 1.54) is 19.3 Å². The van der Waals surface area contributed by atoms with E-state index >= 15 is 0 Å². The molecule has 0 N–H and O–H groups in total. The van der Waals surface area contributed by atoms with Gasteiger partial charge in [0.1, 0.15) is 0 Å². The van der Waals surface area contributed by atoms with E-state index in [1.807, 2.05) is 0 Å². The lowest BCUT2D eigenvalue weighted by atomic mass is 9.92. The lowest BCUT2D eigenvalue weighted by Crippen LogP contribution is -2.53. The Balaban J connectivity index is 1.42. The van der Waals surface area contributed by atoms with Crippen molar-refractivity contribution in [3.05, 3.63) is 0 Å². The van der Waals surface area contributed by atoms with Gasteiger partial charge in [0.05, 0.1) is 19.3 Å². The summed E-state index contributed by atoms with van der Waals surface area (Å²) in [5.74, 6) is 1.63. The third-order valence-corrected chi connectivity index (χ3v) is 5.93. The summed E-state index contributed by atoms with van der Waals surface area (Å²) in [4.78, 5) is 19.7. The number of piperidine rings is 2. The lowest BCUT2D eigenvalue weighted by Gasteiger charge is -2.42. The summed E-state index contributed by atoms with van der Waals surface area (Å²) in [5, 5.41) is 0. The van der Waals surface area contributed by atoms with Crippen LogP contribution in [-0.4, -0.2) is 85.2 Å². The Morgan fingerprint density at radius 1 is 1.00 bits per heavy atom. The van der Waals surface area contributed by atoms with Gasteiger partial charge in [-0.1, -0.05) is 13.8 Å². The maximum absolute atomic E-state index is 12.6. The molecular weight excluding hydrogens is 302 g/mol. The highest BCUT2D eigenvalue weighted by Crippen LogP contribution is 2.22. The van der Waals surface area contributed by atoms with Crippen LogP contribution in [0.1, 0.15) is 40.0 Å². The highest BCUT2D eigenvalue weighted by molar-refractivity contribution is 5.78. The van der Waals surface area contributed by atoms with E-state index in [0.717, 1.165) is 45.9 Å². The van der Waals surface area contributed by atoms with Crippen LogP contribution in [0, 0.1) is 11.8 Å².